The molecule has 0 bridgehead atoms. The zero-order valence-corrected chi connectivity index (χ0v) is 11.5. The molecule has 0 saturated heterocycles. The fourth-order valence-electron chi connectivity index (χ4n) is 1.53. The van der Waals surface area contributed by atoms with Gasteiger partial charge in [-0.15, -0.1) is 0 Å². The van der Waals surface area contributed by atoms with Gasteiger partial charge in [-0.3, -0.25) is 4.72 Å². The van der Waals surface area contributed by atoms with Crippen molar-refractivity contribution in [2.45, 2.75) is 4.90 Å². The summed E-state index contributed by atoms with van der Waals surface area (Å²) in [5.41, 5.74) is 2.74. The number of hydrazine groups is 1. The van der Waals surface area contributed by atoms with E-state index in [0.717, 1.165) is 0 Å². The third-order valence-electron chi connectivity index (χ3n) is 2.52. The molecular weight excluding hydrogens is 280 g/mol. The van der Waals surface area contributed by atoms with Crippen LogP contribution in [-0.4, -0.2) is 20.5 Å². The molecule has 1 aromatic heterocycles. The van der Waals surface area contributed by atoms with Crippen LogP contribution in [0.4, 0.5) is 11.5 Å². The van der Waals surface area contributed by atoms with Gasteiger partial charge in [0.15, 0.2) is 0 Å². The van der Waals surface area contributed by atoms with Crippen molar-refractivity contribution in [1.29, 1.82) is 0 Å². The van der Waals surface area contributed by atoms with Gasteiger partial charge in [0.2, 0.25) is 0 Å². The number of benzene rings is 1. The molecule has 0 fully saturated rings. The Hall–Kier alpha value is -2.32. The van der Waals surface area contributed by atoms with Crippen molar-refractivity contribution >= 4 is 21.5 Å². The van der Waals surface area contributed by atoms with Gasteiger partial charge in [0.1, 0.15) is 16.5 Å². The Morgan fingerprint density at radius 1 is 1.25 bits per heavy atom. The van der Waals surface area contributed by atoms with Gasteiger partial charge in [-0.25, -0.2) is 19.2 Å². The number of methoxy groups -OCH3 is 1. The number of nitrogens with two attached hydrogens (primary N) is 1. The minimum atomic E-state index is -3.70. The number of ether oxygens (including phenoxy) is 1. The highest BCUT2D eigenvalue weighted by atomic mass is 32.2. The largest absolute Gasteiger partial charge is 0.497 e. The van der Waals surface area contributed by atoms with Gasteiger partial charge >= 0.3 is 0 Å². The average Bonchev–Trinajstić information content (AvgIpc) is 2.47. The number of hydrogen-bond donors (Lipinski definition) is 3. The number of pyridine rings is 1. The normalized spacial score (nSPS) is 10.9. The summed E-state index contributed by atoms with van der Waals surface area (Å²) in [6.07, 6.45) is 1.22. The number of aromatic nitrogens is 1. The lowest BCUT2D eigenvalue weighted by atomic mass is 10.3. The molecule has 20 heavy (non-hydrogen) atoms. The first kappa shape index (κ1) is 14.1. The molecule has 0 atom stereocenters. The summed E-state index contributed by atoms with van der Waals surface area (Å²) >= 11 is 0. The van der Waals surface area contributed by atoms with Crippen molar-refractivity contribution < 1.29 is 13.2 Å². The first-order chi connectivity index (χ1) is 9.55. The van der Waals surface area contributed by atoms with Crippen LogP contribution in [-0.2, 0) is 10.0 Å². The molecule has 2 aromatic rings. The zero-order valence-electron chi connectivity index (χ0n) is 10.7. The Bertz CT molecular complexity index is 686. The summed E-state index contributed by atoms with van der Waals surface area (Å²) in [6.45, 7) is 0. The van der Waals surface area contributed by atoms with Crippen LogP contribution < -0.4 is 20.7 Å². The predicted octanol–water partition coefficient (Wildman–Crippen LogP) is 1.18. The van der Waals surface area contributed by atoms with E-state index in [1.165, 1.54) is 25.4 Å². The van der Waals surface area contributed by atoms with Crippen molar-refractivity contribution in [2.24, 2.45) is 5.84 Å². The Balaban J connectivity index is 2.25. The number of nitrogens with one attached hydrogen (secondary N) is 2. The number of rotatable bonds is 5. The number of nitrogen functional groups attached to an aromatic ring is 1. The van der Waals surface area contributed by atoms with Gasteiger partial charge in [-0.05, 0) is 24.3 Å². The van der Waals surface area contributed by atoms with Crippen molar-refractivity contribution in [2.75, 3.05) is 17.3 Å². The summed E-state index contributed by atoms with van der Waals surface area (Å²) in [5.74, 6) is 6.11. The smallest absolute Gasteiger partial charge is 0.263 e. The first-order valence-electron chi connectivity index (χ1n) is 5.65. The molecule has 0 saturated carbocycles. The van der Waals surface area contributed by atoms with Gasteiger partial charge in [-0.2, -0.15) is 0 Å². The summed E-state index contributed by atoms with van der Waals surface area (Å²) in [7, 11) is -2.19. The van der Waals surface area contributed by atoms with Crippen LogP contribution in [0.15, 0.2) is 47.5 Å². The molecule has 0 spiro atoms. The van der Waals surface area contributed by atoms with E-state index in [-0.39, 0.29) is 4.90 Å². The van der Waals surface area contributed by atoms with Gasteiger partial charge in [0.25, 0.3) is 10.0 Å². The van der Waals surface area contributed by atoms with Crippen molar-refractivity contribution in [3.8, 4) is 5.75 Å². The van der Waals surface area contributed by atoms with Gasteiger partial charge in [0.05, 0.1) is 12.8 Å². The third kappa shape index (κ3) is 3.16. The van der Waals surface area contributed by atoms with E-state index in [2.05, 4.69) is 15.1 Å². The topological polar surface area (TPSA) is 106 Å². The van der Waals surface area contributed by atoms with Gasteiger partial charge in [0, 0.05) is 12.3 Å². The second-order valence-electron chi connectivity index (χ2n) is 3.86. The lowest BCUT2D eigenvalue weighted by molar-refractivity contribution is 0.415. The highest BCUT2D eigenvalue weighted by Gasteiger charge is 2.14. The van der Waals surface area contributed by atoms with Gasteiger partial charge < -0.3 is 10.2 Å². The molecule has 0 aliphatic heterocycles. The average molecular weight is 294 g/mol. The van der Waals surface area contributed by atoms with E-state index in [1.54, 1.807) is 24.3 Å². The fraction of sp³-hybridized carbons (Fsp3) is 0.0833. The number of nitrogens with zero attached hydrogens (tertiary/aromatic N) is 1. The quantitative estimate of drug-likeness (QED) is 0.564. The van der Waals surface area contributed by atoms with Crippen LogP contribution in [0.3, 0.4) is 0 Å². The second kappa shape index (κ2) is 5.76. The first-order valence-corrected chi connectivity index (χ1v) is 7.13. The number of sulfonamides is 1. The lowest BCUT2D eigenvalue weighted by Crippen LogP contribution is -2.14. The molecule has 8 heteroatoms. The van der Waals surface area contributed by atoms with E-state index in [4.69, 9.17) is 10.6 Å². The third-order valence-corrected chi connectivity index (χ3v) is 3.88. The van der Waals surface area contributed by atoms with Crippen LogP contribution in [0.5, 0.6) is 5.75 Å². The SMILES string of the molecule is COc1cccc(NS(=O)(=O)c2ccc(NN)nc2)c1. The maximum absolute atomic E-state index is 12.2. The Labute approximate surface area is 116 Å². The summed E-state index contributed by atoms with van der Waals surface area (Å²) in [4.78, 5) is 3.90. The van der Waals surface area contributed by atoms with E-state index in [1.807, 2.05) is 0 Å². The minimum Gasteiger partial charge on any atom is -0.497 e. The molecule has 2 rings (SSSR count). The number of anilines is 2. The minimum absolute atomic E-state index is 0.0410. The highest BCUT2D eigenvalue weighted by molar-refractivity contribution is 7.92. The fourth-order valence-corrected chi connectivity index (χ4v) is 2.52. The van der Waals surface area contributed by atoms with Crippen molar-refractivity contribution in [1.82, 2.24) is 4.98 Å². The summed E-state index contributed by atoms with van der Waals surface area (Å²) in [5, 5.41) is 0. The van der Waals surface area contributed by atoms with Crippen LogP contribution in [0, 0.1) is 0 Å². The molecular formula is C12H14N4O3S. The van der Waals surface area contributed by atoms with Crippen molar-refractivity contribution in [3.05, 3.63) is 42.6 Å². The van der Waals surface area contributed by atoms with Gasteiger partial charge in [-0.1, -0.05) is 6.07 Å². The monoisotopic (exact) mass is 294 g/mol. The Morgan fingerprint density at radius 3 is 2.65 bits per heavy atom. The molecule has 1 aromatic carbocycles. The van der Waals surface area contributed by atoms with Crippen LogP contribution in [0.25, 0.3) is 0 Å². The lowest BCUT2D eigenvalue weighted by Gasteiger charge is -2.09. The summed E-state index contributed by atoms with van der Waals surface area (Å²) in [6, 6.07) is 9.51. The molecule has 0 aliphatic rings. The van der Waals surface area contributed by atoms with E-state index >= 15 is 0 Å². The highest BCUT2D eigenvalue weighted by Crippen LogP contribution is 2.20. The molecule has 0 radical (unpaired) electrons. The molecule has 0 aliphatic carbocycles. The maximum Gasteiger partial charge on any atom is 0.263 e. The predicted molar refractivity (Wildman–Crippen MR) is 75.8 cm³/mol. The maximum atomic E-state index is 12.2. The molecule has 106 valence electrons. The molecule has 4 N–H and O–H groups in total. The van der Waals surface area contributed by atoms with E-state index in [9.17, 15) is 8.42 Å². The van der Waals surface area contributed by atoms with E-state index < -0.39 is 10.0 Å². The zero-order chi connectivity index (χ0) is 14.6. The summed E-state index contributed by atoms with van der Waals surface area (Å²) < 4.78 is 31.8. The van der Waals surface area contributed by atoms with Crippen molar-refractivity contribution in [3.63, 3.8) is 0 Å². The standard InChI is InChI=1S/C12H14N4O3S/c1-19-10-4-2-3-9(7-10)16-20(17,18)11-5-6-12(15-13)14-8-11/h2-8,16H,13H2,1H3,(H,14,15). The second-order valence-corrected chi connectivity index (χ2v) is 5.54. The van der Waals surface area contributed by atoms with E-state index in [0.29, 0.717) is 17.3 Å². The molecule has 0 amide bonds. The number of hydrogen-bond acceptors (Lipinski definition) is 6. The molecule has 0 unspecified atom stereocenters. The molecule has 7 nitrogen and oxygen atoms in total. The van der Waals surface area contributed by atoms with Crippen LogP contribution >= 0.6 is 0 Å². The van der Waals surface area contributed by atoms with Crippen LogP contribution in [0.2, 0.25) is 0 Å². The Morgan fingerprint density at radius 2 is 2.05 bits per heavy atom. The Kier molecular flexibility index (Phi) is 4.06. The van der Waals surface area contributed by atoms with Crippen LogP contribution in [0.1, 0.15) is 0 Å². The molecule has 1 heterocycles.